The summed E-state index contributed by atoms with van der Waals surface area (Å²) in [4.78, 5) is 24.1. The number of fused-ring (bicyclic) bond motifs is 1. The molecule has 1 aromatic heterocycles. The van der Waals surface area contributed by atoms with E-state index in [1.54, 1.807) is 30.3 Å². The molecule has 1 aliphatic heterocycles. The minimum absolute atomic E-state index is 0.0699. The largest absolute Gasteiger partial charge is 0.489 e. The van der Waals surface area contributed by atoms with Crippen LogP contribution in [0.15, 0.2) is 70.4 Å². The van der Waals surface area contributed by atoms with Gasteiger partial charge in [-0.25, -0.2) is 13.8 Å². The number of nitrogens with two attached hydrogens (primary N) is 1. The molecule has 10 heteroatoms. The van der Waals surface area contributed by atoms with Crippen LogP contribution in [0.3, 0.4) is 0 Å². The summed E-state index contributed by atoms with van der Waals surface area (Å²) in [6.07, 6.45) is 1.05. The van der Waals surface area contributed by atoms with Gasteiger partial charge in [0, 0.05) is 16.5 Å². The van der Waals surface area contributed by atoms with Gasteiger partial charge < -0.3 is 14.9 Å². The molecule has 5 rings (SSSR count). The molecule has 35 heavy (non-hydrogen) atoms. The summed E-state index contributed by atoms with van der Waals surface area (Å²) in [6, 6.07) is 13.1. The Kier molecular flexibility index (Phi) is 5.70. The normalized spacial score (nSPS) is 13.4. The lowest BCUT2D eigenvalue weighted by molar-refractivity contribution is -0.116. The summed E-state index contributed by atoms with van der Waals surface area (Å²) in [5.41, 5.74) is 7.01. The molecule has 1 aliphatic rings. The molecule has 0 fully saturated rings. The van der Waals surface area contributed by atoms with Crippen molar-refractivity contribution in [2.24, 2.45) is 10.8 Å². The maximum absolute atomic E-state index is 14.8. The fourth-order valence-corrected chi connectivity index (χ4v) is 3.95. The van der Waals surface area contributed by atoms with Crippen LogP contribution in [0.25, 0.3) is 11.0 Å². The number of benzene rings is 3. The highest BCUT2D eigenvalue weighted by Gasteiger charge is 2.28. The highest BCUT2D eigenvalue weighted by molar-refractivity contribution is 6.31. The number of hydrazone groups is 1. The number of amides is 2. The minimum atomic E-state index is -0.733. The first-order valence-electron chi connectivity index (χ1n) is 10.4. The Labute approximate surface area is 202 Å². The zero-order valence-electron chi connectivity index (χ0n) is 17.9. The predicted octanol–water partition coefficient (Wildman–Crippen LogP) is 5.18. The summed E-state index contributed by atoms with van der Waals surface area (Å²) < 4.78 is 39.0. The van der Waals surface area contributed by atoms with Crippen molar-refractivity contribution in [1.82, 2.24) is 0 Å². The Morgan fingerprint density at radius 2 is 1.91 bits per heavy atom. The SMILES string of the molecule is NC(=O)c1coc2cc(C3=NN(c4ccc(OCc5ccc(F)cc5Cl)cc4)C(=O)C3)c(F)cc12. The van der Waals surface area contributed by atoms with Crippen molar-refractivity contribution < 1.29 is 27.5 Å². The topological polar surface area (TPSA) is 98.1 Å². The van der Waals surface area contributed by atoms with Crippen LogP contribution in [0, 0.1) is 11.6 Å². The number of hydrogen-bond acceptors (Lipinski definition) is 5. The van der Waals surface area contributed by atoms with Crippen molar-refractivity contribution in [2.45, 2.75) is 13.0 Å². The van der Waals surface area contributed by atoms with Crippen LogP contribution in [0.2, 0.25) is 5.02 Å². The Balaban J connectivity index is 1.35. The van der Waals surface area contributed by atoms with Crippen LogP contribution >= 0.6 is 11.6 Å². The van der Waals surface area contributed by atoms with E-state index in [1.165, 1.54) is 23.2 Å². The number of halogens is 3. The number of hydrogen-bond donors (Lipinski definition) is 1. The Morgan fingerprint density at radius 1 is 1.14 bits per heavy atom. The molecule has 2 N–H and O–H groups in total. The summed E-state index contributed by atoms with van der Waals surface area (Å²) in [6.45, 7) is 0.134. The van der Waals surface area contributed by atoms with Crippen LogP contribution < -0.4 is 15.5 Å². The van der Waals surface area contributed by atoms with Gasteiger partial charge in [0.25, 0.3) is 11.8 Å². The first-order chi connectivity index (χ1) is 16.8. The molecule has 4 aromatic rings. The summed E-state index contributed by atoms with van der Waals surface area (Å²) in [7, 11) is 0. The molecule has 0 aliphatic carbocycles. The second-order valence-electron chi connectivity index (χ2n) is 7.79. The number of anilines is 1. The number of ether oxygens (including phenoxy) is 1. The van der Waals surface area contributed by atoms with Gasteiger partial charge in [0.1, 0.15) is 35.8 Å². The van der Waals surface area contributed by atoms with Gasteiger partial charge in [-0.2, -0.15) is 5.10 Å². The van der Waals surface area contributed by atoms with E-state index in [1.807, 2.05) is 0 Å². The second-order valence-corrected chi connectivity index (χ2v) is 8.20. The van der Waals surface area contributed by atoms with Gasteiger partial charge in [0.05, 0.1) is 28.4 Å². The van der Waals surface area contributed by atoms with Crippen molar-refractivity contribution in [3.63, 3.8) is 0 Å². The number of rotatable bonds is 6. The molecule has 0 atom stereocenters. The second kappa shape index (κ2) is 8.84. The Hall–Kier alpha value is -4.24. The lowest BCUT2D eigenvalue weighted by Gasteiger charge is -2.13. The molecule has 0 spiro atoms. The van der Waals surface area contributed by atoms with E-state index < -0.39 is 17.5 Å². The number of carbonyl (C=O) groups is 2. The molecule has 0 saturated carbocycles. The van der Waals surface area contributed by atoms with Gasteiger partial charge in [-0.3, -0.25) is 9.59 Å². The molecule has 0 unspecified atom stereocenters. The number of furan rings is 1. The third-order valence-electron chi connectivity index (χ3n) is 5.51. The Bertz CT molecular complexity index is 1520. The van der Waals surface area contributed by atoms with Crippen LogP contribution in [0.1, 0.15) is 27.9 Å². The van der Waals surface area contributed by atoms with Crippen LogP contribution in [-0.4, -0.2) is 17.5 Å². The van der Waals surface area contributed by atoms with Gasteiger partial charge in [-0.05, 0) is 48.5 Å². The van der Waals surface area contributed by atoms with Gasteiger partial charge in [-0.15, -0.1) is 0 Å². The van der Waals surface area contributed by atoms with E-state index in [2.05, 4.69) is 5.10 Å². The number of primary amides is 1. The van der Waals surface area contributed by atoms with E-state index in [4.69, 9.17) is 26.5 Å². The van der Waals surface area contributed by atoms with Crippen LogP contribution in [0.5, 0.6) is 5.75 Å². The molecule has 0 saturated heterocycles. The molecule has 0 bridgehead atoms. The first kappa shape index (κ1) is 22.5. The van der Waals surface area contributed by atoms with Crippen molar-refractivity contribution in [2.75, 3.05) is 5.01 Å². The first-order valence-corrected chi connectivity index (χ1v) is 10.8. The third-order valence-corrected chi connectivity index (χ3v) is 5.86. The maximum Gasteiger partial charge on any atom is 0.253 e. The highest BCUT2D eigenvalue weighted by atomic mass is 35.5. The van der Waals surface area contributed by atoms with Crippen molar-refractivity contribution >= 4 is 45.8 Å². The van der Waals surface area contributed by atoms with Gasteiger partial charge in [0.15, 0.2) is 0 Å². The minimum Gasteiger partial charge on any atom is -0.489 e. The van der Waals surface area contributed by atoms with Gasteiger partial charge in [-0.1, -0.05) is 17.7 Å². The molecule has 2 amide bonds. The Morgan fingerprint density at radius 3 is 2.63 bits per heavy atom. The molecule has 0 radical (unpaired) electrons. The average molecular weight is 496 g/mol. The molecule has 7 nitrogen and oxygen atoms in total. The standard InChI is InChI=1S/C25H16ClF2N3O4/c26-20-7-14(27)2-1-13(20)11-34-16-5-3-15(4-6-16)31-24(32)10-22(30-31)18-9-23-17(8-21(18)28)19(12-35-23)25(29)33/h1-9,12H,10-11H2,(H2,29,33). The van der Waals surface area contributed by atoms with Crippen LogP contribution in [-0.2, 0) is 11.4 Å². The molecular weight excluding hydrogens is 480 g/mol. The zero-order valence-corrected chi connectivity index (χ0v) is 18.7. The van der Waals surface area contributed by atoms with Crippen molar-refractivity contribution in [3.05, 3.63) is 94.2 Å². The highest BCUT2D eigenvalue weighted by Crippen LogP contribution is 2.30. The van der Waals surface area contributed by atoms with Gasteiger partial charge in [0.2, 0.25) is 0 Å². The zero-order chi connectivity index (χ0) is 24.7. The average Bonchev–Trinajstić information content (AvgIpc) is 3.41. The molecular formula is C25H16ClF2N3O4. The van der Waals surface area contributed by atoms with E-state index in [-0.39, 0.29) is 51.8 Å². The van der Waals surface area contributed by atoms with E-state index >= 15 is 0 Å². The van der Waals surface area contributed by atoms with E-state index in [9.17, 15) is 18.4 Å². The summed E-state index contributed by atoms with van der Waals surface area (Å²) >= 11 is 6.01. The number of carbonyl (C=O) groups excluding carboxylic acids is 2. The van der Waals surface area contributed by atoms with Crippen molar-refractivity contribution in [1.29, 1.82) is 0 Å². The number of nitrogens with zero attached hydrogens (tertiary/aromatic N) is 2. The van der Waals surface area contributed by atoms with Crippen molar-refractivity contribution in [3.8, 4) is 5.75 Å². The quantitative estimate of drug-likeness (QED) is 0.398. The molecule has 176 valence electrons. The van der Waals surface area contributed by atoms with Gasteiger partial charge >= 0.3 is 0 Å². The molecule has 2 heterocycles. The summed E-state index contributed by atoms with van der Waals surface area (Å²) in [5, 5.41) is 5.98. The van der Waals surface area contributed by atoms with E-state index in [0.717, 1.165) is 12.3 Å². The molecule has 3 aromatic carbocycles. The fourth-order valence-electron chi connectivity index (χ4n) is 3.72. The van der Waals surface area contributed by atoms with E-state index in [0.29, 0.717) is 17.0 Å². The maximum atomic E-state index is 14.8. The third kappa shape index (κ3) is 4.33. The summed E-state index contributed by atoms with van der Waals surface area (Å²) in [5.74, 6) is -1.66. The fraction of sp³-hybridized carbons (Fsp3) is 0.0800. The monoisotopic (exact) mass is 495 g/mol. The lowest BCUT2D eigenvalue weighted by Crippen LogP contribution is -2.19. The lowest BCUT2D eigenvalue weighted by atomic mass is 10.0. The van der Waals surface area contributed by atoms with Crippen LogP contribution in [0.4, 0.5) is 14.5 Å². The predicted molar refractivity (Wildman–Crippen MR) is 126 cm³/mol. The smallest absolute Gasteiger partial charge is 0.253 e.